The molecule has 1 unspecified atom stereocenters. The van der Waals surface area contributed by atoms with Gasteiger partial charge in [-0.3, -0.25) is 9.59 Å². The first-order chi connectivity index (χ1) is 15.3. The van der Waals surface area contributed by atoms with Crippen molar-refractivity contribution in [3.8, 4) is 11.5 Å². The molecule has 32 heavy (non-hydrogen) atoms. The molecule has 0 fully saturated rings. The Kier molecular flexibility index (Phi) is 5.52. The number of benzene rings is 3. The van der Waals surface area contributed by atoms with Gasteiger partial charge in [-0.2, -0.15) is 0 Å². The molecule has 3 aromatic rings. The zero-order valence-corrected chi connectivity index (χ0v) is 18.6. The van der Waals surface area contributed by atoms with E-state index in [1.165, 1.54) is 26.4 Å². The molecule has 0 radical (unpaired) electrons. The summed E-state index contributed by atoms with van der Waals surface area (Å²) in [5.41, 5.74) is 0.836. The Labute approximate surface area is 185 Å². The van der Waals surface area contributed by atoms with Crippen LogP contribution in [0.3, 0.4) is 0 Å². The van der Waals surface area contributed by atoms with E-state index in [9.17, 15) is 18.0 Å². The number of ether oxygens (including phenoxy) is 2. The maximum absolute atomic E-state index is 13.0. The monoisotopic (exact) mass is 454 g/mol. The summed E-state index contributed by atoms with van der Waals surface area (Å²) in [6.07, 6.45) is 0. The lowest BCUT2D eigenvalue weighted by Crippen LogP contribution is -2.41. The zero-order chi connectivity index (χ0) is 23.0. The smallest absolute Gasteiger partial charge is 0.269 e. The van der Waals surface area contributed by atoms with E-state index in [0.29, 0.717) is 4.31 Å². The number of hydrogen-bond acceptors (Lipinski definition) is 6. The highest BCUT2D eigenvalue weighted by Gasteiger charge is 2.43. The minimum Gasteiger partial charge on any atom is -0.493 e. The molecule has 166 valence electrons. The average Bonchev–Trinajstić information content (AvgIpc) is 2.97. The first-order valence-corrected chi connectivity index (χ1v) is 11.3. The number of methoxy groups -OCH3 is 2. The van der Waals surface area contributed by atoms with Crippen LogP contribution in [0.5, 0.6) is 11.5 Å². The quantitative estimate of drug-likeness (QED) is 0.615. The van der Waals surface area contributed by atoms with Gasteiger partial charge in [0.1, 0.15) is 11.4 Å². The Hall–Kier alpha value is -3.59. The van der Waals surface area contributed by atoms with Gasteiger partial charge in [-0.15, -0.1) is 0 Å². The van der Waals surface area contributed by atoms with Crippen molar-refractivity contribution in [3.63, 3.8) is 0 Å². The Morgan fingerprint density at radius 3 is 2.41 bits per heavy atom. The second kappa shape index (κ2) is 8.16. The van der Waals surface area contributed by atoms with Crippen LogP contribution in [0.25, 0.3) is 10.8 Å². The van der Waals surface area contributed by atoms with Gasteiger partial charge in [-0.25, -0.2) is 12.7 Å². The lowest BCUT2D eigenvalue weighted by atomic mass is 10.00. The molecule has 1 aliphatic heterocycles. The van der Waals surface area contributed by atoms with Crippen LogP contribution in [0, 0.1) is 0 Å². The third kappa shape index (κ3) is 3.54. The number of nitrogens with zero attached hydrogens (tertiary/aromatic N) is 1. The van der Waals surface area contributed by atoms with Gasteiger partial charge in [0.05, 0.1) is 25.8 Å². The van der Waals surface area contributed by atoms with E-state index in [4.69, 9.17) is 9.47 Å². The largest absolute Gasteiger partial charge is 0.493 e. The van der Waals surface area contributed by atoms with Crippen molar-refractivity contribution >= 4 is 32.6 Å². The molecule has 1 aliphatic rings. The van der Waals surface area contributed by atoms with Gasteiger partial charge in [0.2, 0.25) is 5.91 Å². The molecule has 1 N–H and O–H groups in total. The summed E-state index contributed by atoms with van der Waals surface area (Å²) in [6, 6.07) is 15.7. The lowest BCUT2D eigenvalue weighted by Gasteiger charge is -2.19. The summed E-state index contributed by atoms with van der Waals surface area (Å²) in [7, 11) is -1.44. The first-order valence-electron chi connectivity index (χ1n) is 9.88. The summed E-state index contributed by atoms with van der Waals surface area (Å²) in [5, 5.41) is 4.81. The maximum Gasteiger partial charge on any atom is 0.269 e. The highest BCUT2D eigenvalue weighted by atomic mass is 32.2. The van der Waals surface area contributed by atoms with E-state index in [0.717, 1.165) is 16.3 Å². The van der Waals surface area contributed by atoms with E-state index >= 15 is 0 Å². The van der Waals surface area contributed by atoms with Crippen LogP contribution in [-0.4, -0.2) is 45.3 Å². The molecule has 0 saturated heterocycles. The van der Waals surface area contributed by atoms with Crippen LogP contribution in [0.1, 0.15) is 28.9 Å². The third-order valence-electron chi connectivity index (χ3n) is 5.47. The van der Waals surface area contributed by atoms with E-state index in [1.807, 2.05) is 49.4 Å². The summed E-state index contributed by atoms with van der Waals surface area (Å²) >= 11 is 0. The van der Waals surface area contributed by atoms with Gasteiger partial charge in [0, 0.05) is 6.07 Å². The fourth-order valence-electron chi connectivity index (χ4n) is 3.88. The topological polar surface area (TPSA) is 102 Å². The minimum absolute atomic E-state index is 0.0578. The first kappa shape index (κ1) is 21.6. The van der Waals surface area contributed by atoms with E-state index < -0.39 is 34.4 Å². The molecule has 0 bridgehead atoms. The van der Waals surface area contributed by atoms with Gasteiger partial charge < -0.3 is 14.8 Å². The number of hydrogen-bond donors (Lipinski definition) is 1. The summed E-state index contributed by atoms with van der Waals surface area (Å²) in [6.45, 7) is 1.18. The number of nitrogens with one attached hydrogen (secondary N) is 1. The van der Waals surface area contributed by atoms with Crippen molar-refractivity contribution in [1.82, 2.24) is 9.62 Å². The average molecular weight is 455 g/mol. The predicted molar refractivity (Wildman–Crippen MR) is 118 cm³/mol. The fraction of sp³-hybridized carbons (Fsp3) is 0.217. The molecular weight excluding hydrogens is 432 g/mol. The molecule has 0 aliphatic carbocycles. The number of amides is 2. The van der Waals surface area contributed by atoms with Gasteiger partial charge in [-0.05, 0) is 29.3 Å². The molecule has 2 amide bonds. The van der Waals surface area contributed by atoms with Crippen molar-refractivity contribution in [2.45, 2.75) is 17.9 Å². The van der Waals surface area contributed by atoms with Crippen molar-refractivity contribution in [2.24, 2.45) is 0 Å². The van der Waals surface area contributed by atoms with E-state index in [-0.39, 0.29) is 22.0 Å². The van der Waals surface area contributed by atoms with Gasteiger partial charge in [-0.1, -0.05) is 42.5 Å². The Balaban J connectivity index is 1.57. The van der Waals surface area contributed by atoms with Crippen LogP contribution < -0.4 is 14.8 Å². The van der Waals surface area contributed by atoms with Gasteiger partial charge in [0.15, 0.2) is 11.5 Å². The highest BCUT2D eigenvalue weighted by Crippen LogP contribution is 2.38. The molecular formula is C23H22N2O6S. The van der Waals surface area contributed by atoms with Crippen molar-refractivity contribution < 1.29 is 27.5 Å². The van der Waals surface area contributed by atoms with Crippen LogP contribution >= 0.6 is 0 Å². The van der Waals surface area contributed by atoms with Crippen LogP contribution in [-0.2, 0) is 14.8 Å². The molecule has 9 heteroatoms. The Morgan fingerprint density at radius 1 is 1.03 bits per heavy atom. The zero-order valence-electron chi connectivity index (χ0n) is 17.8. The number of rotatable bonds is 6. The number of fused-ring (bicyclic) bond motifs is 2. The summed E-state index contributed by atoms with van der Waals surface area (Å²) in [5.74, 6) is -0.966. The second-order valence-electron chi connectivity index (χ2n) is 7.38. The van der Waals surface area contributed by atoms with Crippen LogP contribution in [0.4, 0.5) is 0 Å². The van der Waals surface area contributed by atoms with Gasteiger partial charge >= 0.3 is 0 Å². The van der Waals surface area contributed by atoms with Gasteiger partial charge in [0.25, 0.3) is 15.9 Å². The van der Waals surface area contributed by atoms with Crippen molar-refractivity contribution in [2.75, 3.05) is 20.8 Å². The normalized spacial score (nSPS) is 15.3. The second-order valence-corrected chi connectivity index (χ2v) is 9.21. The SMILES string of the molecule is COc1cc2c(cc1OC)S(=O)(=O)N(CC(=O)NC(C)c1cccc3ccccc13)C2=O. The summed E-state index contributed by atoms with van der Waals surface area (Å²) < 4.78 is 36.8. The lowest BCUT2D eigenvalue weighted by molar-refractivity contribution is -0.121. The van der Waals surface area contributed by atoms with E-state index in [1.54, 1.807) is 0 Å². The van der Waals surface area contributed by atoms with Crippen LogP contribution in [0.2, 0.25) is 0 Å². The standard InChI is InChI=1S/C23H22N2O6S/c1-14(16-10-6-8-15-7-4-5-9-17(15)16)24-22(26)13-25-23(27)18-11-19(30-2)20(31-3)12-21(18)32(25,28)29/h4-12,14H,13H2,1-3H3,(H,24,26). The maximum atomic E-state index is 13.0. The molecule has 4 rings (SSSR count). The fourth-order valence-corrected chi connectivity index (χ4v) is 5.40. The number of sulfonamides is 1. The molecule has 8 nitrogen and oxygen atoms in total. The molecule has 0 saturated carbocycles. The third-order valence-corrected chi connectivity index (χ3v) is 7.23. The molecule has 1 heterocycles. The minimum atomic E-state index is -4.20. The molecule has 0 spiro atoms. The molecule has 1 atom stereocenters. The summed E-state index contributed by atoms with van der Waals surface area (Å²) in [4.78, 5) is 25.3. The molecule has 3 aromatic carbocycles. The Morgan fingerprint density at radius 2 is 1.69 bits per heavy atom. The Bertz CT molecular complexity index is 1330. The number of carbonyl (C=O) groups excluding carboxylic acids is 2. The highest BCUT2D eigenvalue weighted by molar-refractivity contribution is 7.90. The predicted octanol–water partition coefficient (Wildman–Crippen LogP) is 2.88. The number of carbonyl (C=O) groups is 2. The van der Waals surface area contributed by atoms with Crippen molar-refractivity contribution in [1.29, 1.82) is 0 Å². The van der Waals surface area contributed by atoms with Crippen molar-refractivity contribution in [3.05, 3.63) is 65.7 Å². The van der Waals surface area contributed by atoms with E-state index in [2.05, 4.69) is 5.32 Å². The molecule has 0 aromatic heterocycles. The van der Waals surface area contributed by atoms with Crippen LogP contribution in [0.15, 0.2) is 59.5 Å².